The summed E-state index contributed by atoms with van der Waals surface area (Å²) in [5.74, 6) is -2.64. The number of hydrogen-bond donors (Lipinski definition) is 1. The summed E-state index contributed by atoms with van der Waals surface area (Å²) in [6.45, 7) is 1.24. The van der Waals surface area contributed by atoms with Crippen molar-refractivity contribution in [1.82, 2.24) is 15.1 Å². The highest BCUT2D eigenvalue weighted by Crippen LogP contribution is 2.27. The predicted octanol–water partition coefficient (Wildman–Crippen LogP) is 1.72. The van der Waals surface area contributed by atoms with Gasteiger partial charge in [0.15, 0.2) is 0 Å². The second-order valence-corrected chi connectivity index (χ2v) is 5.91. The van der Waals surface area contributed by atoms with Gasteiger partial charge in [-0.25, -0.2) is 8.78 Å². The van der Waals surface area contributed by atoms with E-state index in [2.05, 4.69) is 10.4 Å². The third-order valence-corrected chi connectivity index (χ3v) is 4.12. The molecule has 1 saturated heterocycles. The van der Waals surface area contributed by atoms with Gasteiger partial charge in [0.05, 0.1) is 11.6 Å². The lowest BCUT2D eigenvalue weighted by Gasteiger charge is -2.17. The Morgan fingerprint density at radius 3 is 2.92 bits per heavy atom. The van der Waals surface area contributed by atoms with Crippen molar-refractivity contribution in [3.05, 3.63) is 48.3 Å². The summed E-state index contributed by atoms with van der Waals surface area (Å²) in [5, 5.41) is 6.86. The third kappa shape index (κ3) is 4.01. The van der Waals surface area contributed by atoms with E-state index in [1.54, 1.807) is 10.9 Å². The Labute approximate surface area is 143 Å². The molecule has 1 atom stereocenters. The largest absolute Gasteiger partial charge is 0.356 e. The van der Waals surface area contributed by atoms with Crippen LogP contribution >= 0.6 is 0 Å². The van der Waals surface area contributed by atoms with Crippen LogP contribution in [0.2, 0.25) is 0 Å². The minimum atomic E-state index is -0.811. The third-order valence-electron chi connectivity index (χ3n) is 4.12. The number of halogens is 2. The molecule has 1 aliphatic heterocycles. The molecule has 1 aromatic heterocycles. The van der Waals surface area contributed by atoms with Crippen LogP contribution in [0.5, 0.6) is 0 Å². The fourth-order valence-corrected chi connectivity index (χ4v) is 2.85. The molecule has 0 bridgehead atoms. The van der Waals surface area contributed by atoms with Crippen molar-refractivity contribution >= 4 is 17.5 Å². The molecule has 3 rings (SSSR count). The maximum Gasteiger partial charge on any atom is 0.227 e. The standard InChI is InChI=1S/C17H18F2N4O2/c18-13-3-4-15(14(19)10-13)23-11-12(9-16(23)24)17(25)20-5-1-7-22-8-2-6-21-22/h2-4,6,8,10,12H,1,5,7,9,11H2,(H,20,25)/t12-/m1/s1. The Balaban J connectivity index is 1.52. The summed E-state index contributed by atoms with van der Waals surface area (Å²) in [7, 11) is 0. The number of benzene rings is 1. The molecule has 8 heteroatoms. The minimum absolute atomic E-state index is 0.000354. The first-order chi connectivity index (χ1) is 12.0. The summed E-state index contributed by atoms with van der Waals surface area (Å²) < 4.78 is 28.6. The molecule has 0 radical (unpaired) electrons. The molecule has 0 saturated carbocycles. The number of amides is 2. The summed E-state index contributed by atoms with van der Waals surface area (Å²) in [6.07, 6.45) is 4.25. The molecule has 0 aliphatic carbocycles. The molecule has 2 amide bonds. The molecular weight excluding hydrogens is 330 g/mol. The number of carbonyl (C=O) groups is 2. The number of hydrogen-bond acceptors (Lipinski definition) is 3. The summed E-state index contributed by atoms with van der Waals surface area (Å²) >= 11 is 0. The van der Waals surface area contributed by atoms with E-state index in [0.29, 0.717) is 19.5 Å². The van der Waals surface area contributed by atoms with Gasteiger partial charge in [0.1, 0.15) is 11.6 Å². The first-order valence-electron chi connectivity index (χ1n) is 8.05. The molecule has 132 valence electrons. The molecule has 0 unspecified atom stereocenters. The SMILES string of the molecule is O=C(NCCCn1cccn1)[C@@H]1CC(=O)N(c2ccc(F)cc2F)C1. The van der Waals surface area contributed by atoms with Gasteiger partial charge >= 0.3 is 0 Å². The number of anilines is 1. The van der Waals surface area contributed by atoms with Crippen LogP contribution in [-0.4, -0.2) is 34.7 Å². The fraction of sp³-hybridized carbons (Fsp3) is 0.353. The second kappa shape index (κ2) is 7.42. The van der Waals surface area contributed by atoms with Crippen molar-refractivity contribution in [2.24, 2.45) is 5.92 Å². The molecule has 6 nitrogen and oxygen atoms in total. The normalized spacial score (nSPS) is 17.1. The Hall–Kier alpha value is -2.77. The Bertz CT molecular complexity index is 764. The van der Waals surface area contributed by atoms with Crippen LogP contribution in [0, 0.1) is 17.6 Å². The molecular formula is C17H18F2N4O2. The quantitative estimate of drug-likeness (QED) is 0.809. The van der Waals surface area contributed by atoms with Crippen molar-refractivity contribution in [3.8, 4) is 0 Å². The van der Waals surface area contributed by atoms with Gasteiger partial charge in [-0.1, -0.05) is 0 Å². The maximum atomic E-state index is 13.8. The van der Waals surface area contributed by atoms with Gasteiger partial charge in [0.2, 0.25) is 11.8 Å². The molecule has 1 aliphatic rings. The topological polar surface area (TPSA) is 67.2 Å². The Kier molecular flexibility index (Phi) is 5.06. The lowest BCUT2D eigenvalue weighted by atomic mass is 10.1. The zero-order valence-corrected chi connectivity index (χ0v) is 13.5. The van der Waals surface area contributed by atoms with E-state index in [4.69, 9.17) is 0 Å². The smallest absolute Gasteiger partial charge is 0.227 e. The second-order valence-electron chi connectivity index (χ2n) is 5.91. The Morgan fingerprint density at radius 2 is 2.20 bits per heavy atom. The van der Waals surface area contributed by atoms with Crippen LogP contribution in [0.4, 0.5) is 14.5 Å². The number of rotatable bonds is 6. The molecule has 25 heavy (non-hydrogen) atoms. The Morgan fingerprint density at radius 1 is 1.36 bits per heavy atom. The lowest BCUT2D eigenvalue weighted by Crippen LogP contribution is -2.34. The van der Waals surface area contributed by atoms with Crippen LogP contribution in [0.1, 0.15) is 12.8 Å². The van der Waals surface area contributed by atoms with Gasteiger partial charge in [-0.3, -0.25) is 14.3 Å². The van der Waals surface area contributed by atoms with Gasteiger partial charge in [-0.2, -0.15) is 5.10 Å². The van der Waals surface area contributed by atoms with E-state index in [1.807, 2.05) is 12.3 Å². The zero-order valence-electron chi connectivity index (χ0n) is 13.5. The molecule has 0 spiro atoms. The van der Waals surface area contributed by atoms with Gasteiger partial charge < -0.3 is 10.2 Å². The number of aromatic nitrogens is 2. The van der Waals surface area contributed by atoms with E-state index in [0.717, 1.165) is 12.1 Å². The van der Waals surface area contributed by atoms with Crippen LogP contribution in [-0.2, 0) is 16.1 Å². The first-order valence-corrected chi connectivity index (χ1v) is 8.05. The van der Waals surface area contributed by atoms with Crippen LogP contribution in [0.3, 0.4) is 0 Å². The van der Waals surface area contributed by atoms with Crippen LogP contribution in [0.15, 0.2) is 36.7 Å². The van der Waals surface area contributed by atoms with Gasteiger partial charge in [-0.05, 0) is 24.6 Å². The molecule has 1 aromatic carbocycles. The maximum absolute atomic E-state index is 13.8. The first kappa shape index (κ1) is 17.1. The average molecular weight is 348 g/mol. The fourth-order valence-electron chi connectivity index (χ4n) is 2.85. The number of carbonyl (C=O) groups excluding carboxylic acids is 2. The van der Waals surface area contributed by atoms with Crippen LogP contribution < -0.4 is 10.2 Å². The zero-order chi connectivity index (χ0) is 17.8. The number of nitrogens with zero attached hydrogens (tertiary/aromatic N) is 3. The summed E-state index contributed by atoms with van der Waals surface area (Å²) in [4.78, 5) is 25.5. The minimum Gasteiger partial charge on any atom is -0.356 e. The van der Waals surface area contributed by atoms with Crippen molar-refractivity contribution in [3.63, 3.8) is 0 Å². The summed E-state index contributed by atoms with van der Waals surface area (Å²) in [6, 6.07) is 4.86. The average Bonchev–Trinajstić information content (AvgIpc) is 3.21. The highest BCUT2D eigenvalue weighted by molar-refractivity contribution is 6.00. The van der Waals surface area contributed by atoms with E-state index in [1.165, 1.54) is 11.0 Å². The van der Waals surface area contributed by atoms with E-state index < -0.39 is 17.6 Å². The van der Waals surface area contributed by atoms with Crippen molar-refractivity contribution in [2.45, 2.75) is 19.4 Å². The van der Waals surface area contributed by atoms with E-state index in [9.17, 15) is 18.4 Å². The highest BCUT2D eigenvalue weighted by Gasteiger charge is 2.36. The van der Waals surface area contributed by atoms with Crippen molar-refractivity contribution in [2.75, 3.05) is 18.0 Å². The van der Waals surface area contributed by atoms with Gasteiger partial charge in [0, 0.05) is 44.5 Å². The molecule has 2 aromatic rings. The van der Waals surface area contributed by atoms with Gasteiger partial charge in [-0.15, -0.1) is 0 Å². The van der Waals surface area contributed by atoms with Crippen molar-refractivity contribution < 1.29 is 18.4 Å². The number of nitrogens with one attached hydrogen (secondary N) is 1. The van der Waals surface area contributed by atoms with Crippen LogP contribution in [0.25, 0.3) is 0 Å². The molecule has 2 heterocycles. The predicted molar refractivity (Wildman–Crippen MR) is 86.7 cm³/mol. The monoisotopic (exact) mass is 348 g/mol. The van der Waals surface area contributed by atoms with Gasteiger partial charge in [0.25, 0.3) is 0 Å². The highest BCUT2D eigenvalue weighted by atomic mass is 19.1. The van der Waals surface area contributed by atoms with E-state index in [-0.39, 0.29) is 30.5 Å². The van der Waals surface area contributed by atoms with Crippen molar-refractivity contribution in [1.29, 1.82) is 0 Å². The number of aryl methyl sites for hydroxylation is 1. The molecule has 1 N–H and O–H groups in total. The summed E-state index contributed by atoms with van der Waals surface area (Å²) in [5.41, 5.74) is 0.000354. The lowest BCUT2D eigenvalue weighted by molar-refractivity contribution is -0.126. The van der Waals surface area contributed by atoms with E-state index >= 15 is 0 Å². The molecule has 1 fully saturated rings.